The maximum Gasteiger partial charge on any atom is 0.255 e. The molecule has 0 bridgehead atoms. The lowest BCUT2D eigenvalue weighted by atomic mass is 10.1. The molecule has 0 radical (unpaired) electrons. The summed E-state index contributed by atoms with van der Waals surface area (Å²) in [4.78, 5) is 13.1. The summed E-state index contributed by atoms with van der Waals surface area (Å²) < 4.78 is 7.00. The first-order chi connectivity index (χ1) is 13.7. The van der Waals surface area contributed by atoms with E-state index in [1.807, 2.05) is 54.6 Å². The van der Waals surface area contributed by atoms with Crippen molar-refractivity contribution in [1.82, 2.24) is 20.4 Å². The first-order valence-corrected chi connectivity index (χ1v) is 9.55. The predicted molar refractivity (Wildman–Crippen MR) is 116 cm³/mol. The molecular formula is C22H25ClN4O2. The van der Waals surface area contributed by atoms with E-state index in [1.54, 1.807) is 18.0 Å². The number of ether oxygens (including phenoxy) is 1. The maximum atomic E-state index is 13.1. The summed E-state index contributed by atoms with van der Waals surface area (Å²) in [6, 6.07) is 17.6. The summed E-state index contributed by atoms with van der Waals surface area (Å²) in [5.74, 6) is 0.673. The Bertz CT molecular complexity index is 935. The monoisotopic (exact) mass is 412 g/mol. The van der Waals surface area contributed by atoms with Crippen LogP contribution in [0.3, 0.4) is 0 Å². The van der Waals surface area contributed by atoms with Crippen molar-refractivity contribution in [2.24, 2.45) is 0 Å². The Balaban J connectivity index is 0.00000240. The van der Waals surface area contributed by atoms with E-state index in [2.05, 4.69) is 10.6 Å². The summed E-state index contributed by atoms with van der Waals surface area (Å²) in [7, 11) is 1.64. The standard InChI is InChI=1S/C22H24N4O2.ClH/c1-28-19-11-9-16(10-12-19)21-20(22(27)24-17-6-5-13-23-14-17)15-26(25-21)18-7-3-2-4-8-18;/h2-4,7-12,15,17,23H,5-6,13-14H2,1H3,(H,24,27);1H. The smallest absolute Gasteiger partial charge is 0.255 e. The van der Waals surface area contributed by atoms with Gasteiger partial charge in [0, 0.05) is 24.3 Å². The number of hydrogen-bond donors (Lipinski definition) is 2. The molecule has 1 amide bonds. The summed E-state index contributed by atoms with van der Waals surface area (Å²) in [6.45, 7) is 1.81. The number of carbonyl (C=O) groups is 1. The Kier molecular flexibility index (Phi) is 6.90. The molecule has 0 spiro atoms. The van der Waals surface area contributed by atoms with E-state index in [4.69, 9.17) is 9.84 Å². The summed E-state index contributed by atoms with van der Waals surface area (Å²) in [5, 5.41) is 11.2. The molecule has 0 saturated carbocycles. The van der Waals surface area contributed by atoms with Crippen molar-refractivity contribution < 1.29 is 9.53 Å². The van der Waals surface area contributed by atoms with Crippen molar-refractivity contribution in [2.75, 3.05) is 20.2 Å². The predicted octanol–water partition coefficient (Wildman–Crippen LogP) is 3.45. The Hall–Kier alpha value is -2.83. The average molecular weight is 413 g/mol. The molecule has 2 heterocycles. The largest absolute Gasteiger partial charge is 0.497 e. The number of methoxy groups -OCH3 is 1. The molecule has 7 heteroatoms. The zero-order valence-corrected chi connectivity index (χ0v) is 17.1. The third-order valence-electron chi connectivity index (χ3n) is 4.98. The van der Waals surface area contributed by atoms with Gasteiger partial charge in [0.25, 0.3) is 5.91 Å². The van der Waals surface area contributed by atoms with Crippen molar-refractivity contribution in [3.05, 3.63) is 66.4 Å². The average Bonchev–Trinajstić information content (AvgIpc) is 3.21. The number of hydrogen-bond acceptors (Lipinski definition) is 4. The maximum absolute atomic E-state index is 13.1. The number of amides is 1. The van der Waals surface area contributed by atoms with Gasteiger partial charge in [-0.25, -0.2) is 4.68 Å². The zero-order valence-electron chi connectivity index (χ0n) is 16.3. The van der Waals surface area contributed by atoms with Crippen LogP contribution in [0.25, 0.3) is 16.9 Å². The van der Waals surface area contributed by atoms with Gasteiger partial charge in [0.1, 0.15) is 11.4 Å². The molecule has 4 rings (SSSR count). The third-order valence-corrected chi connectivity index (χ3v) is 4.98. The topological polar surface area (TPSA) is 68.2 Å². The van der Waals surface area contributed by atoms with E-state index in [1.165, 1.54) is 0 Å². The van der Waals surface area contributed by atoms with Gasteiger partial charge in [-0.3, -0.25) is 4.79 Å². The van der Waals surface area contributed by atoms with Crippen LogP contribution in [0.1, 0.15) is 23.2 Å². The van der Waals surface area contributed by atoms with Gasteiger partial charge in [0.15, 0.2) is 0 Å². The molecule has 6 nitrogen and oxygen atoms in total. The Morgan fingerprint density at radius 3 is 2.59 bits per heavy atom. The number of benzene rings is 2. The van der Waals surface area contributed by atoms with Gasteiger partial charge in [0.2, 0.25) is 0 Å². The van der Waals surface area contributed by atoms with E-state index in [0.717, 1.165) is 42.9 Å². The molecule has 1 saturated heterocycles. The van der Waals surface area contributed by atoms with Crippen LogP contribution >= 0.6 is 12.4 Å². The lowest BCUT2D eigenvalue weighted by molar-refractivity contribution is 0.0931. The molecule has 2 N–H and O–H groups in total. The lowest BCUT2D eigenvalue weighted by Gasteiger charge is -2.23. The second-order valence-corrected chi connectivity index (χ2v) is 6.92. The van der Waals surface area contributed by atoms with Crippen LogP contribution in [0.15, 0.2) is 60.8 Å². The molecule has 1 atom stereocenters. The molecular weight excluding hydrogens is 388 g/mol. The van der Waals surface area contributed by atoms with E-state index in [0.29, 0.717) is 11.3 Å². The van der Waals surface area contributed by atoms with Crippen molar-refractivity contribution in [2.45, 2.75) is 18.9 Å². The van der Waals surface area contributed by atoms with Crippen LogP contribution in [0.4, 0.5) is 0 Å². The molecule has 1 aliphatic rings. The van der Waals surface area contributed by atoms with E-state index < -0.39 is 0 Å². The molecule has 1 unspecified atom stereocenters. The van der Waals surface area contributed by atoms with Gasteiger partial charge in [-0.15, -0.1) is 12.4 Å². The lowest BCUT2D eigenvalue weighted by Crippen LogP contribution is -2.45. The third kappa shape index (κ3) is 4.78. The van der Waals surface area contributed by atoms with Crippen LogP contribution in [0.5, 0.6) is 5.75 Å². The second kappa shape index (κ2) is 9.58. The number of piperidine rings is 1. The zero-order chi connectivity index (χ0) is 19.3. The number of halogens is 1. The van der Waals surface area contributed by atoms with E-state index in [-0.39, 0.29) is 24.4 Å². The van der Waals surface area contributed by atoms with Crippen molar-refractivity contribution in [3.8, 4) is 22.7 Å². The Morgan fingerprint density at radius 2 is 1.93 bits per heavy atom. The fourth-order valence-electron chi connectivity index (χ4n) is 3.45. The Morgan fingerprint density at radius 1 is 1.17 bits per heavy atom. The van der Waals surface area contributed by atoms with E-state index in [9.17, 15) is 4.79 Å². The highest BCUT2D eigenvalue weighted by molar-refractivity contribution is 6.00. The van der Waals surface area contributed by atoms with Gasteiger partial charge >= 0.3 is 0 Å². The fraction of sp³-hybridized carbons (Fsp3) is 0.273. The summed E-state index contributed by atoms with van der Waals surface area (Å²) in [5.41, 5.74) is 3.02. The van der Waals surface area contributed by atoms with Gasteiger partial charge < -0.3 is 15.4 Å². The normalized spacial score (nSPS) is 16.0. The number of para-hydroxylation sites is 1. The van der Waals surface area contributed by atoms with Crippen LogP contribution in [-0.2, 0) is 0 Å². The highest BCUT2D eigenvalue weighted by Gasteiger charge is 2.22. The van der Waals surface area contributed by atoms with Gasteiger partial charge in [0.05, 0.1) is 18.4 Å². The molecule has 3 aromatic rings. The fourth-order valence-corrected chi connectivity index (χ4v) is 3.45. The first-order valence-electron chi connectivity index (χ1n) is 9.55. The molecule has 0 aliphatic carbocycles. The van der Waals surface area contributed by atoms with Gasteiger partial charge in [-0.2, -0.15) is 5.10 Å². The molecule has 29 heavy (non-hydrogen) atoms. The van der Waals surface area contributed by atoms with Gasteiger partial charge in [-0.1, -0.05) is 18.2 Å². The Labute approximate surface area is 176 Å². The molecule has 1 aromatic heterocycles. The summed E-state index contributed by atoms with van der Waals surface area (Å²) in [6.07, 6.45) is 3.86. The number of nitrogens with one attached hydrogen (secondary N) is 2. The summed E-state index contributed by atoms with van der Waals surface area (Å²) >= 11 is 0. The number of aromatic nitrogens is 2. The highest BCUT2D eigenvalue weighted by Crippen LogP contribution is 2.26. The minimum absolute atomic E-state index is 0. The van der Waals surface area contributed by atoms with Crippen molar-refractivity contribution in [1.29, 1.82) is 0 Å². The van der Waals surface area contributed by atoms with Crippen LogP contribution < -0.4 is 15.4 Å². The van der Waals surface area contributed by atoms with E-state index >= 15 is 0 Å². The van der Waals surface area contributed by atoms with Crippen LogP contribution in [0, 0.1) is 0 Å². The number of carbonyl (C=O) groups excluding carboxylic acids is 1. The van der Waals surface area contributed by atoms with Crippen molar-refractivity contribution >= 4 is 18.3 Å². The molecule has 152 valence electrons. The van der Waals surface area contributed by atoms with Gasteiger partial charge in [-0.05, 0) is 55.8 Å². The minimum atomic E-state index is -0.0956. The second-order valence-electron chi connectivity index (χ2n) is 6.92. The quantitative estimate of drug-likeness (QED) is 0.673. The number of rotatable bonds is 5. The minimum Gasteiger partial charge on any atom is -0.497 e. The number of nitrogens with zero attached hydrogens (tertiary/aromatic N) is 2. The van der Waals surface area contributed by atoms with Crippen LogP contribution in [-0.4, -0.2) is 41.9 Å². The molecule has 1 aliphatic heterocycles. The van der Waals surface area contributed by atoms with Crippen molar-refractivity contribution in [3.63, 3.8) is 0 Å². The van der Waals surface area contributed by atoms with Crippen LogP contribution in [0.2, 0.25) is 0 Å². The molecule has 2 aromatic carbocycles. The SMILES string of the molecule is COc1ccc(-c2nn(-c3ccccc3)cc2C(=O)NC2CCCNC2)cc1.Cl. The first kappa shape index (κ1) is 20.9. The highest BCUT2D eigenvalue weighted by atomic mass is 35.5. The molecule has 1 fully saturated rings.